The Hall–Kier alpha value is -6.15. The summed E-state index contributed by atoms with van der Waals surface area (Å²) in [6.07, 6.45) is 2.90. The maximum absolute atomic E-state index is 14.8. The molecule has 14 heteroatoms. The molecule has 0 saturated carbocycles. The van der Waals surface area contributed by atoms with Crippen LogP contribution >= 0.6 is 11.3 Å². The van der Waals surface area contributed by atoms with Gasteiger partial charge >= 0.3 is 12.2 Å². The van der Waals surface area contributed by atoms with Gasteiger partial charge in [0.1, 0.15) is 34.8 Å². The second kappa shape index (κ2) is 14.5. The van der Waals surface area contributed by atoms with Gasteiger partial charge in [0.25, 0.3) is 0 Å². The third-order valence-electron chi connectivity index (χ3n) is 11.5. The monoisotopic (exact) mass is 841 g/mol. The van der Waals surface area contributed by atoms with Gasteiger partial charge in [-0.25, -0.2) is 23.9 Å². The number of aromatic amines is 2. The third-order valence-corrected chi connectivity index (χ3v) is 12.6. The molecule has 4 aromatic heterocycles. The van der Waals surface area contributed by atoms with Crippen LogP contribution in [0.15, 0.2) is 85.2 Å². The number of H-pyrrole nitrogens is 2. The molecule has 2 fully saturated rings. The fourth-order valence-electron chi connectivity index (χ4n) is 8.81. The number of hydrogen-bond acceptors (Lipinski definition) is 8. The van der Waals surface area contributed by atoms with Gasteiger partial charge in [0, 0.05) is 39.7 Å². The smallest absolute Gasteiger partial charge is 0.411 e. The van der Waals surface area contributed by atoms with Crippen LogP contribution in [-0.2, 0) is 9.47 Å². The normalized spacial score (nSPS) is 20.2. The number of fused-ring (bicyclic) bond motifs is 6. The van der Waals surface area contributed by atoms with E-state index >= 15 is 0 Å². The van der Waals surface area contributed by atoms with Crippen molar-refractivity contribution in [2.45, 2.75) is 96.5 Å². The van der Waals surface area contributed by atoms with Gasteiger partial charge in [0.05, 0.1) is 58.5 Å². The van der Waals surface area contributed by atoms with Crippen LogP contribution in [0.4, 0.5) is 14.0 Å². The predicted molar refractivity (Wildman–Crippen MR) is 233 cm³/mol. The summed E-state index contributed by atoms with van der Waals surface area (Å²) < 4.78 is 36.6. The zero-order valence-electron chi connectivity index (χ0n) is 35.0. The van der Waals surface area contributed by atoms with E-state index in [9.17, 15) is 14.0 Å². The number of amides is 2. The van der Waals surface area contributed by atoms with E-state index in [1.165, 1.54) is 9.60 Å². The van der Waals surface area contributed by atoms with Gasteiger partial charge in [-0.05, 0) is 102 Å². The molecule has 0 aliphatic carbocycles. The summed E-state index contributed by atoms with van der Waals surface area (Å²) >= 11 is 1.72. The number of aromatic nitrogens is 5. The van der Waals surface area contributed by atoms with Crippen molar-refractivity contribution in [3.8, 4) is 39.5 Å². The Kier molecular flexibility index (Phi) is 9.27. The maximum Gasteiger partial charge on any atom is 0.411 e. The number of carbonyl (C=O) groups is 2. The summed E-state index contributed by atoms with van der Waals surface area (Å²) in [5.74, 6) is 2.00. The number of benzene rings is 3. The molecular formula is C47H48FN7O5S. The minimum atomic E-state index is -1.17. The van der Waals surface area contributed by atoms with E-state index < -0.39 is 35.7 Å². The lowest BCUT2D eigenvalue weighted by atomic mass is 10.0. The van der Waals surface area contributed by atoms with E-state index in [0.29, 0.717) is 12.4 Å². The number of hydrogen-bond donors (Lipinski definition) is 2. The number of rotatable bonds is 5. The Morgan fingerprint density at radius 3 is 2.20 bits per heavy atom. The number of halogens is 1. The molecule has 314 valence electrons. The topological polar surface area (TPSA) is 131 Å². The number of nitrogens with one attached hydrogen (secondary N) is 2. The molecule has 1 unspecified atom stereocenters. The maximum atomic E-state index is 14.8. The predicted octanol–water partition coefficient (Wildman–Crippen LogP) is 11.3. The van der Waals surface area contributed by atoms with Crippen molar-refractivity contribution in [2.75, 3.05) is 13.1 Å². The highest BCUT2D eigenvalue weighted by Crippen LogP contribution is 2.48. The van der Waals surface area contributed by atoms with E-state index in [2.05, 4.69) is 92.3 Å². The van der Waals surface area contributed by atoms with Crippen molar-refractivity contribution in [3.63, 3.8) is 0 Å². The first-order valence-electron chi connectivity index (χ1n) is 20.8. The first kappa shape index (κ1) is 39.0. The number of thiophene rings is 1. The lowest BCUT2D eigenvalue weighted by Gasteiger charge is -2.29. The first-order valence-corrected chi connectivity index (χ1v) is 21.7. The van der Waals surface area contributed by atoms with Crippen molar-refractivity contribution in [3.05, 3.63) is 102 Å². The van der Waals surface area contributed by atoms with E-state index in [1.54, 1.807) is 43.2 Å². The van der Waals surface area contributed by atoms with Crippen LogP contribution in [0.1, 0.15) is 95.6 Å². The number of carbonyl (C=O) groups excluding carboxylic acids is 2. The van der Waals surface area contributed by atoms with Crippen molar-refractivity contribution in [1.29, 1.82) is 0 Å². The molecule has 61 heavy (non-hydrogen) atoms. The van der Waals surface area contributed by atoms with Gasteiger partial charge in [-0.2, -0.15) is 0 Å². The molecule has 4 atom stereocenters. The van der Waals surface area contributed by atoms with E-state index in [1.807, 2.05) is 27.0 Å². The summed E-state index contributed by atoms with van der Waals surface area (Å²) in [6, 6.07) is 24.5. The van der Waals surface area contributed by atoms with Crippen LogP contribution < -0.4 is 4.74 Å². The SMILES string of the molecule is CC(C)(C)OC(=O)N1CCC[C@@H]1c1ncc(-c2ccc3c(c2)OC(c2cc4ccccc4s2)n2c-3cc3cc(-c4cnc([C@H]5C[C@H](F)CN5C(=O)OC(C)(C)C)[nH]4)ccc32)[nH]1. The summed E-state index contributed by atoms with van der Waals surface area (Å²) in [4.78, 5) is 46.7. The number of likely N-dealkylation sites (tertiary alicyclic amines) is 2. The highest BCUT2D eigenvalue weighted by molar-refractivity contribution is 7.19. The fourth-order valence-corrected chi connectivity index (χ4v) is 9.89. The molecule has 10 rings (SSSR count). The third kappa shape index (κ3) is 7.30. The summed E-state index contributed by atoms with van der Waals surface area (Å²) in [5.41, 5.74) is 5.12. The van der Waals surface area contributed by atoms with Gasteiger partial charge in [-0.3, -0.25) is 14.4 Å². The lowest BCUT2D eigenvalue weighted by molar-refractivity contribution is 0.0204. The van der Waals surface area contributed by atoms with Crippen molar-refractivity contribution in [1.82, 2.24) is 34.3 Å². The van der Waals surface area contributed by atoms with E-state index in [0.717, 1.165) is 79.4 Å². The molecule has 7 heterocycles. The van der Waals surface area contributed by atoms with Crippen LogP contribution in [0.3, 0.4) is 0 Å². The molecule has 0 radical (unpaired) electrons. The van der Waals surface area contributed by atoms with E-state index in [-0.39, 0.29) is 25.1 Å². The summed E-state index contributed by atoms with van der Waals surface area (Å²) in [7, 11) is 0. The molecule has 3 aromatic carbocycles. The molecule has 0 bridgehead atoms. The second-order valence-electron chi connectivity index (χ2n) is 18.2. The Balaban J connectivity index is 0.993. The average Bonchev–Trinajstić information content (AvgIpc) is 4.05. The second-order valence-corrected chi connectivity index (χ2v) is 19.3. The summed E-state index contributed by atoms with van der Waals surface area (Å²) in [6.45, 7) is 11.6. The Morgan fingerprint density at radius 1 is 0.803 bits per heavy atom. The molecule has 0 spiro atoms. The molecule has 3 aliphatic rings. The molecular weight excluding hydrogens is 794 g/mol. The van der Waals surface area contributed by atoms with Gasteiger partial charge < -0.3 is 24.2 Å². The van der Waals surface area contributed by atoms with E-state index in [4.69, 9.17) is 19.2 Å². The van der Waals surface area contributed by atoms with Gasteiger partial charge in [-0.1, -0.05) is 30.3 Å². The van der Waals surface area contributed by atoms with Gasteiger partial charge in [-0.15, -0.1) is 11.3 Å². The zero-order valence-corrected chi connectivity index (χ0v) is 35.8. The zero-order chi connectivity index (χ0) is 42.4. The number of nitrogens with zero attached hydrogens (tertiary/aromatic N) is 5. The molecule has 3 aliphatic heterocycles. The highest BCUT2D eigenvalue weighted by atomic mass is 32.1. The molecule has 7 aromatic rings. The van der Waals surface area contributed by atoms with Crippen LogP contribution in [0.25, 0.3) is 54.8 Å². The minimum absolute atomic E-state index is 0.0398. The molecule has 2 amide bonds. The highest BCUT2D eigenvalue weighted by Gasteiger charge is 2.40. The number of alkyl halides is 1. The van der Waals surface area contributed by atoms with Crippen molar-refractivity contribution in [2.24, 2.45) is 0 Å². The Labute approximate surface area is 356 Å². The van der Waals surface area contributed by atoms with Crippen LogP contribution in [0.2, 0.25) is 0 Å². The van der Waals surface area contributed by atoms with Crippen molar-refractivity contribution >= 4 is 44.5 Å². The van der Waals surface area contributed by atoms with Crippen LogP contribution in [-0.4, -0.2) is 77.0 Å². The standard InChI is InChI=1S/C47H48FN7O5S/c1-46(2,3)59-44(56)53-17-9-11-35(53)41-49-24-33(51-41)27-13-15-31-36-19-29-18-26(32-23-50-42(52-32)37-22-30(48)25-54(37)45(57)60-47(4,5)6)14-16-34(29)55(36)43(58-38(31)20-27)40-21-28-10-7-8-12-39(28)61-40/h7-8,10,12-16,18-21,23-24,30,35,37,43H,9,11,17,22,25H2,1-6H3,(H,49,51)(H,50,52)/t30-,35+,37+,43?/m0/s1. The molecule has 12 nitrogen and oxygen atoms in total. The number of ether oxygens (including phenoxy) is 3. The molecule has 2 N–H and O–H groups in total. The molecule has 2 saturated heterocycles. The lowest BCUT2D eigenvalue weighted by Crippen LogP contribution is -2.37. The first-order chi connectivity index (χ1) is 29.2. The number of imidazole rings is 2. The average molecular weight is 842 g/mol. The summed E-state index contributed by atoms with van der Waals surface area (Å²) in [5, 5.41) is 2.17. The minimum Gasteiger partial charge on any atom is -0.464 e. The largest absolute Gasteiger partial charge is 0.464 e. The quantitative estimate of drug-likeness (QED) is 0.176. The van der Waals surface area contributed by atoms with Crippen LogP contribution in [0.5, 0.6) is 5.75 Å². The van der Waals surface area contributed by atoms with Gasteiger partial charge in [0.15, 0.2) is 0 Å². The Bertz CT molecular complexity index is 2790. The van der Waals surface area contributed by atoms with Gasteiger partial charge in [0.2, 0.25) is 6.23 Å². The van der Waals surface area contributed by atoms with Crippen molar-refractivity contribution < 1.29 is 28.2 Å². The fraction of sp³-hybridized carbons (Fsp3) is 0.362. The Morgan fingerprint density at radius 2 is 1.48 bits per heavy atom. The van der Waals surface area contributed by atoms with Crippen LogP contribution in [0, 0.1) is 0 Å².